The van der Waals surface area contributed by atoms with Crippen molar-refractivity contribution in [1.82, 2.24) is 4.90 Å². The third-order valence-corrected chi connectivity index (χ3v) is 1.77. The molecule has 3 nitrogen and oxygen atoms in total. The Morgan fingerprint density at radius 2 is 2.30 bits per heavy atom. The number of nitrogens with two attached hydrogens (primary N) is 1. The van der Waals surface area contributed by atoms with Crippen molar-refractivity contribution in [3.05, 3.63) is 0 Å². The molecule has 60 valence electrons. The molecule has 2 atom stereocenters. The molecule has 0 aromatic carbocycles. The van der Waals surface area contributed by atoms with E-state index in [-0.39, 0.29) is 6.10 Å². The highest BCUT2D eigenvalue weighted by atomic mass is 16.5. The normalized spacial score (nSPS) is 36.3. The lowest BCUT2D eigenvalue weighted by molar-refractivity contribution is -0.0644. The molecule has 1 saturated heterocycles. The molecule has 1 fully saturated rings. The first-order chi connectivity index (χ1) is 4.72. The van der Waals surface area contributed by atoms with Crippen molar-refractivity contribution < 1.29 is 4.74 Å². The second kappa shape index (κ2) is 3.32. The molecule has 3 heteroatoms. The van der Waals surface area contributed by atoms with Crippen LogP contribution in [-0.2, 0) is 4.74 Å². The van der Waals surface area contributed by atoms with E-state index in [0.29, 0.717) is 12.6 Å². The Morgan fingerprint density at radius 3 is 2.80 bits per heavy atom. The van der Waals surface area contributed by atoms with Crippen LogP contribution in [0.25, 0.3) is 0 Å². The van der Waals surface area contributed by atoms with Crippen molar-refractivity contribution in [2.75, 3.05) is 26.7 Å². The lowest BCUT2D eigenvalue weighted by Crippen LogP contribution is -2.47. The fourth-order valence-electron chi connectivity index (χ4n) is 1.41. The van der Waals surface area contributed by atoms with Crippen LogP contribution < -0.4 is 5.73 Å². The van der Waals surface area contributed by atoms with Crippen molar-refractivity contribution >= 4 is 0 Å². The van der Waals surface area contributed by atoms with Crippen LogP contribution >= 0.6 is 0 Å². The smallest absolute Gasteiger partial charge is 0.0828 e. The molecule has 0 aliphatic carbocycles. The van der Waals surface area contributed by atoms with E-state index in [1.54, 1.807) is 0 Å². The Hall–Kier alpha value is -0.120. The zero-order chi connectivity index (χ0) is 7.56. The van der Waals surface area contributed by atoms with E-state index in [1.807, 2.05) is 0 Å². The van der Waals surface area contributed by atoms with Crippen LogP contribution in [0, 0.1) is 0 Å². The van der Waals surface area contributed by atoms with Crippen LogP contribution in [0.4, 0.5) is 0 Å². The quantitative estimate of drug-likeness (QED) is 0.547. The van der Waals surface area contributed by atoms with Crippen molar-refractivity contribution in [3.8, 4) is 0 Å². The number of ether oxygens (including phenoxy) is 1. The standard InChI is InChI=1S/C7H16N2O/c1-6-4-9(2)5-7(3-8)10-6/h6-7H,3-5,8H2,1-2H3/t6-,7?/m0/s1. The Balaban J connectivity index is 2.35. The molecule has 0 bridgehead atoms. The van der Waals surface area contributed by atoms with Crippen molar-refractivity contribution in [2.45, 2.75) is 19.1 Å². The molecule has 0 aromatic rings. The second-order valence-electron chi connectivity index (χ2n) is 3.03. The summed E-state index contributed by atoms with van der Waals surface area (Å²) in [7, 11) is 2.10. The summed E-state index contributed by atoms with van der Waals surface area (Å²) in [6.07, 6.45) is 0.584. The highest BCUT2D eigenvalue weighted by Crippen LogP contribution is 2.07. The average Bonchev–Trinajstić information content (AvgIpc) is 1.85. The summed E-state index contributed by atoms with van der Waals surface area (Å²) >= 11 is 0. The van der Waals surface area contributed by atoms with Gasteiger partial charge in [0.1, 0.15) is 0 Å². The predicted octanol–water partition coefficient (Wildman–Crippen LogP) is -0.336. The van der Waals surface area contributed by atoms with E-state index in [9.17, 15) is 0 Å². The molecule has 0 spiro atoms. The maximum absolute atomic E-state index is 5.54. The first-order valence-corrected chi connectivity index (χ1v) is 3.76. The van der Waals surface area contributed by atoms with Crippen molar-refractivity contribution in [1.29, 1.82) is 0 Å². The molecular weight excluding hydrogens is 128 g/mol. The van der Waals surface area contributed by atoms with Gasteiger partial charge in [0, 0.05) is 19.6 Å². The largest absolute Gasteiger partial charge is 0.371 e. The first kappa shape index (κ1) is 7.98. The first-order valence-electron chi connectivity index (χ1n) is 3.76. The molecule has 2 N–H and O–H groups in total. The number of morpholine rings is 1. The van der Waals surface area contributed by atoms with Gasteiger partial charge in [-0.05, 0) is 14.0 Å². The van der Waals surface area contributed by atoms with E-state index in [1.165, 1.54) is 0 Å². The summed E-state index contributed by atoms with van der Waals surface area (Å²) in [5.41, 5.74) is 5.48. The lowest BCUT2D eigenvalue weighted by atomic mass is 10.2. The minimum absolute atomic E-state index is 0.244. The van der Waals surface area contributed by atoms with E-state index in [0.717, 1.165) is 13.1 Å². The molecule has 1 rings (SSSR count). The van der Waals surface area contributed by atoms with Gasteiger partial charge in [-0.2, -0.15) is 0 Å². The van der Waals surface area contributed by atoms with Gasteiger partial charge >= 0.3 is 0 Å². The summed E-state index contributed by atoms with van der Waals surface area (Å²) in [6, 6.07) is 0. The molecule has 0 saturated carbocycles. The molecule has 1 unspecified atom stereocenters. The van der Waals surface area contributed by atoms with Crippen LogP contribution in [0.2, 0.25) is 0 Å². The summed E-state index contributed by atoms with van der Waals surface area (Å²) in [5.74, 6) is 0. The summed E-state index contributed by atoms with van der Waals surface area (Å²) in [4.78, 5) is 2.26. The monoisotopic (exact) mass is 144 g/mol. The zero-order valence-electron chi connectivity index (χ0n) is 6.71. The molecule has 10 heavy (non-hydrogen) atoms. The predicted molar refractivity (Wildman–Crippen MR) is 40.9 cm³/mol. The van der Waals surface area contributed by atoms with Gasteiger partial charge in [-0.15, -0.1) is 0 Å². The van der Waals surface area contributed by atoms with E-state index >= 15 is 0 Å². The number of hydrogen-bond donors (Lipinski definition) is 1. The fourth-order valence-corrected chi connectivity index (χ4v) is 1.41. The van der Waals surface area contributed by atoms with Crippen LogP contribution in [-0.4, -0.2) is 43.8 Å². The van der Waals surface area contributed by atoms with E-state index in [4.69, 9.17) is 10.5 Å². The van der Waals surface area contributed by atoms with Gasteiger partial charge in [-0.1, -0.05) is 0 Å². The Morgan fingerprint density at radius 1 is 1.60 bits per heavy atom. The summed E-state index contributed by atoms with van der Waals surface area (Å²) in [5, 5.41) is 0. The van der Waals surface area contributed by atoms with Crippen LogP contribution in [0.5, 0.6) is 0 Å². The van der Waals surface area contributed by atoms with Gasteiger partial charge in [0.15, 0.2) is 0 Å². The lowest BCUT2D eigenvalue weighted by Gasteiger charge is -2.33. The number of nitrogens with zero attached hydrogens (tertiary/aromatic N) is 1. The van der Waals surface area contributed by atoms with Gasteiger partial charge in [0.05, 0.1) is 12.2 Å². The van der Waals surface area contributed by atoms with Crippen molar-refractivity contribution in [2.24, 2.45) is 5.73 Å². The minimum Gasteiger partial charge on any atom is -0.371 e. The Bertz CT molecular complexity index is 97.8. The molecule has 1 heterocycles. The van der Waals surface area contributed by atoms with Gasteiger partial charge in [0.25, 0.3) is 0 Å². The van der Waals surface area contributed by atoms with E-state index < -0.39 is 0 Å². The van der Waals surface area contributed by atoms with Gasteiger partial charge in [-0.25, -0.2) is 0 Å². The Kier molecular flexibility index (Phi) is 2.65. The third kappa shape index (κ3) is 1.94. The van der Waals surface area contributed by atoms with Gasteiger partial charge in [-0.3, -0.25) is 0 Å². The molecule has 1 aliphatic rings. The maximum Gasteiger partial charge on any atom is 0.0828 e. The highest BCUT2D eigenvalue weighted by Gasteiger charge is 2.20. The summed E-state index contributed by atoms with van der Waals surface area (Å²) < 4.78 is 5.54. The van der Waals surface area contributed by atoms with Gasteiger partial charge in [0.2, 0.25) is 0 Å². The SMILES string of the molecule is C[C@H]1CN(C)CC(CN)O1. The van der Waals surface area contributed by atoms with Crippen molar-refractivity contribution in [3.63, 3.8) is 0 Å². The Labute approximate surface area is 62.1 Å². The molecule has 0 radical (unpaired) electrons. The summed E-state index contributed by atoms with van der Waals surface area (Å²) in [6.45, 7) is 4.71. The molecule has 0 aromatic heterocycles. The van der Waals surface area contributed by atoms with Crippen LogP contribution in [0.3, 0.4) is 0 Å². The number of rotatable bonds is 1. The second-order valence-corrected chi connectivity index (χ2v) is 3.03. The molecule has 0 amide bonds. The van der Waals surface area contributed by atoms with Crippen LogP contribution in [0.1, 0.15) is 6.92 Å². The van der Waals surface area contributed by atoms with Crippen LogP contribution in [0.15, 0.2) is 0 Å². The number of hydrogen-bond acceptors (Lipinski definition) is 3. The van der Waals surface area contributed by atoms with Gasteiger partial charge < -0.3 is 15.4 Å². The highest BCUT2D eigenvalue weighted by molar-refractivity contribution is 4.73. The minimum atomic E-state index is 0.244. The molecule has 1 aliphatic heterocycles. The zero-order valence-corrected chi connectivity index (χ0v) is 6.71. The average molecular weight is 144 g/mol. The third-order valence-electron chi connectivity index (χ3n) is 1.77. The topological polar surface area (TPSA) is 38.5 Å². The maximum atomic E-state index is 5.54. The fraction of sp³-hybridized carbons (Fsp3) is 1.00. The number of likely N-dealkylation sites (N-methyl/N-ethyl adjacent to an activating group) is 1. The molecular formula is C7H16N2O. The van der Waals surface area contributed by atoms with E-state index in [2.05, 4.69) is 18.9 Å².